The SMILES string of the molecule is CC1(N)CCN(C(=O)OC(C)(C)C)CC1.Cc1ccc(C=O)c(N2CCCC2)c1.Cc1ccc(CCC2(C)CCN(C(=O)OC(C)(C)C)CC2)c(N2CCCC2)c1. The van der Waals surface area contributed by atoms with Crippen LogP contribution in [-0.4, -0.2) is 97.4 Å². The van der Waals surface area contributed by atoms with Gasteiger partial charge >= 0.3 is 12.2 Å². The lowest BCUT2D eigenvalue weighted by molar-refractivity contribution is 0.0109. The Bertz CT molecular complexity index is 1610. The standard InChI is InChI=1S/C24H38N2O2.C12H15NO.C11H22N2O2/c1-19-8-9-20(21(18-19)25-14-6-7-15-25)10-11-24(5)12-16-26(17-13-24)22(27)28-23(2,3)4;1-10-4-5-11(9-14)12(8-10)13-6-2-3-7-13;1-10(2,3)15-9(14)13-7-5-11(4,12)6-8-13/h8-9,18H,6-7,10-17H2,1-5H3;4-5,8-9H,2-3,6-7H2,1H3;5-8,12H2,1-4H3. The number of carbonyl (C=O) groups is 3. The van der Waals surface area contributed by atoms with Gasteiger partial charge < -0.3 is 34.8 Å². The highest BCUT2D eigenvalue weighted by Crippen LogP contribution is 2.38. The molecule has 10 heteroatoms. The van der Waals surface area contributed by atoms with Crippen molar-refractivity contribution in [3.8, 4) is 0 Å². The Kier molecular flexibility index (Phi) is 15.9. The first-order chi connectivity index (χ1) is 26.7. The minimum absolute atomic E-state index is 0.126. The first-order valence-corrected chi connectivity index (χ1v) is 21.6. The van der Waals surface area contributed by atoms with E-state index in [1.807, 2.05) is 65.5 Å². The number of nitrogens with two attached hydrogens (primary N) is 1. The number of anilines is 2. The number of nitrogens with zero attached hydrogens (tertiary/aromatic N) is 4. The molecule has 2 aromatic carbocycles. The number of amides is 2. The molecule has 0 spiro atoms. The lowest BCUT2D eigenvalue weighted by atomic mass is 9.76. The molecule has 4 saturated heterocycles. The summed E-state index contributed by atoms with van der Waals surface area (Å²) in [4.78, 5) is 43.4. The Balaban J connectivity index is 0.000000209. The maximum Gasteiger partial charge on any atom is 0.410 e. The third-order valence-corrected chi connectivity index (χ3v) is 11.6. The molecule has 0 bridgehead atoms. The molecule has 4 aliphatic rings. The molecular weight excluding hydrogens is 715 g/mol. The molecule has 4 aliphatic heterocycles. The number of likely N-dealkylation sites (tertiary alicyclic amines) is 2. The number of hydrogen-bond acceptors (Lipinski definition) is 8. The molecule has 0 saturated carbocycles. The van der Waals surface area contributed by atoms with Gasteiger partial charge in [-0.3, -0.25) is 4.79 Å². The molecule has 2 amide bonds. The largest absolute Gasteiger partial charge is 0.444 e. The van der Waals surface area contributed by atoms with Crippen LogP contribution in [0.2, 0.25) is 0 Å². The Hall–Kier alpha value is -3.79. The van der Waals surface area contributed by atoms with Crippen molar-refractivity contribution in [3.05, 3.63) is 58.7 Å². The van der Waals surface area contributed by atoms with Crippen molar-refractivity contribution in [2.75, 3.05) is 62.2 Å². The number of aldehydes is 1. The summed E-state index contributed by atoms with van der Waals surface area (Å²) in [7, 11) is 0. The lowest BCUT2D eigenvalue weighted by Gasteiger charge is -2.40. The van der Waals surface area contributed by atoms with E-state index in [1.54, 1.807) is 4.90 Å². The van der Waals surface area contributed by atoms with Gasteiger partial charge in [0.05, 0.1) is 0 Å². The third kappa shape index (κ3) is 14.8. The van der Waals surface area contributed by atoms with Crippen LogP contribution in [0.15, 0.2) is 36.4 Å². The molecule has 4 heterocycles. The van der Waals surface area contributed by atoms with Crippen LogP contribution in [0.4, 0.5) is 21.0 Å². The maximum absolute atomic E-state index is 12.3. The molecule has 0 aromatic heterocycles. The topological polar surface area (TPSA) is 109 Å². The fourth-order valence-corrected chi connectivity index (χ4v) is 7.89. The fourth-order valence-electron chi connectivity index (χ4n) is 7.89. The van der Waals surface area contributed by atoms with Gasteiger partial charge in [-0.25, -0.2) is 9.59 Å². The van der Waals surface area contributed by atoms with Gasteiger partial charge in [0.15, 0.2) is 6.29 Å². The van der Waals surface area contributed by atoms with Gasteiger partial charge in [0.1, 0.15) is 11.2 Å². The summed E-state index contributed by atoms with van der Waals surface area (Å²) in [5.41, 5.74) is 12.8. The van der Waals surface area contributed by atoms with Crippen molar-refractivity contribution in [2.24, 2.45) is 11.1 Å². The van der Waals surface area contributed by atoms with Crippen molar-refractivity contribution in [1.29, 1.82) is 0 Å². The predicted molar refractivity (Wildman–Crippen MR) is 234 cm³/mol. The Morgan fingerprint density at radius 3 is 1.54 bits per heavy atom. The monoisotopic (exact) mass is 790 g/mol. The smallest absolute Gasteiger partial charge is 0.410 e. The zero-order chi connectivity index (χ0) is 42.0. The molecule has 2 aromatic rings. The highest BCUT2D eigenvalue weighted by molar-refractivity contribution is 5.85. The highest BCUT2D eigenvalue weighted by atomic mass is 16.6. The Morgan fingerprint density at radius 2 is 1.09 bits per heavy atom. The van der Waals surface area contributed by atoms with Crippen LogP contribution in [-0.2, 0) is 15.9 Å². The minimum Gasteiger partial charge on any atom is -0.444 e. The van der Waals surface area contributed by atoms with E-state index < -0.39 is 11.2 Å². The lowest BCUT2D eigenvalue weighted by Crippen LogP contribution is -2.50. The molecule has 0 radical (unpaired) electrons. The van der Waals surface area contributed by atoms with E-state index in [4.69, 9.17) is 15.2 Å². The number of rotatable bonds is 6. The van der Waals surface area contributed by atoms with Gasteiger partial charge in [0, 0.05) is 74.8 Å². The minimum atomic E-state index is -0.421. The van der Waals surface area contributed by atoms with E-state index in [-0.39, 0.29) is 17.7 Å². The second-order valence-electron chi connectivity index (χ2n) is 19.6. The number of carbonyl (C=O) groups excluding carboxylic acids is 3. The third-order valence-electron chi connectivity index (χ3n) is 11.6. The summed E-state index contributed by atoms with van der Waals surface area (Å²) in [6.45, 7) is 27.7. The molecule has 57 heavy (non-hydrogen) atoms. The molecule has 318 valence electrons. The van der Waals surface area contributed by atoms with Crippen LogP contribution in [0.1, 0.15) is 140 Å². The number of piperidine rings is 2. The summed E-state index contributed by atoms with van der Waals surface area (Å²) >= 11 is 0. The second kappa shape index (κ2) is 19.8. The average molecular weight is 790 g/mol. The predicted octanol–water partition coefficient (Wildman–Crippen LogP) is 9.71. The number of benzene rings is 2. The van der Waals surface area contributed by atoms with Gasteiger partial charge in [-0.15, -0.1) is 0 Å². The molecule has 10 nitrogen and oxygen atoms in total. The van der Waals surface area contributed by atoms with Crippen LogP contribution in [0, 0.1) is 19.3 Å². The number of ether oxygens (including phenoxy) is 2. The van der Waals surface area contributed by atoms with Crippen molar-refractivity contribution in [3.63, 3.8) is 0 Å². The van der Waals surface area contributed by atoms with E-state index in [2.05, 4.69) is 54.8 Å². The molecule has 6 rings (SSSR count). The quantitative estimate of drug-likeness (QED) is 0.289. The molecule has 0 atom stereocenters. The Labute approximate surface area is 344 Å². The number of hydrogen-bond donors (Lipinski definition) is 1. The zero-order valence-electron chi connectivity index (χ0n) is 37.2. The van der Waals surface area contributed by atoms with E-state index in [0.717, 1.165) is 75.8 Å². The molecule has 2 N–H and O–H groups in total. The summed E-state index contributed by atoms with van der Waals surface area (Å²) < 4.78 is 10.8. The summed E-state index contributed by atoms with van der Waals surface area (Å²) in [5.74, 6) is 0. The van der Waals surface area contributed by atoms with Gasteiger partial charge in [0.2, 0.25) is 0 Å². The van der Waals surface area contributed by atoms with Gasteiger partial charge in [-0.2, -0.15) is 0 Å². The summed E-state index contributed by atoms with van der Waals surface area (Å²) in [6, 6.07) is 13.0. The normalized spacial score (nSPS) is 19.2. The first-order valence-electron chi connectivity index (χ1n) is 21.6. The van der Waals surface area contributed by atoms with E-state index in [9.17, 15) is 14.4 Å². The van der Waals surface area contributed by atoms with Crippen LogP contribution in [0.25, 0.3) is 0 Å². The van der Waals surface area contributed by atoms with E-state index >= 15 is 0 Å². The van der Waals surface area contributed by atoms with Crippen molar-refractivity contribution in [2.45, 2.75) is 150 Å². The van der Waals surface area contributed by atoms with Gasteiger partial charge in [-0.1, -0.05) is 25.1 Å². The van der Waals surface area contributed by atoms with Crippen LogP contribution in [0.5, 0.6) is 0 Å². The van der Waals surface area contributed by atoms with Crippen molar-refractivity contribution in [1.82, 2.24) is 9.80 Å². The van der Waals surface area contributed by atoms with E-state index in [1.165, 1.54) is 67.6 Å². The van der Waals surface area contributed by atoms with Crippen molar-refractivity contribution >= 4 is 29.8 Å². The van der Waals surface area contributed by atoms with Gasteiger partial charge in [0.25, 0.3) is 0 Å². The fraction of sp³-hybridized carbons (Fsp3) is 0.681. The second-order valence-corrected chi connectivity index (χ2v) is 19.6. The summed E-state index contributed by atoms with van der Waals surface area (Å²) in [6.07, 6.45) is 11.8. The maximum atomic E-state index is 12.3. The van der Waals surface area contributed by atoms with Gasteiger partial charge in [-0.05, 0) is 167 Å². The Morgan fingerprint density at radius 1 is 0.667 bits per heavy atom. The van der Waals surface area contributed by atoms with Crippen LogP contribution in [0.3, 0.4) is 0 Å². The summed E-state index contributed by atoms with van der Waals surface area (Å²) in [5, 5.41) is 0. The van der Waals surface area contributed by atoms with Crippen LogP contribution >= 0.6 is 0 Å². The zero-order valence-corrected chi connectivity index (χ0v) is 37.2. The molecular formula is C47H75N5O5. The van der Waals surface area contributed by atoms with Crippen LogP contribution < -0.4 is 15.5 Å². The first kappa shape index (κ1) is 45.9. The number of aryl methyl sites for hydroxylation is 3. The average Bonchev–Trinajstić information content (AvgIpc) is 3.86. The van der Waals surface area contributed by atoms with Crippen molar-refractivity contribution < 1.29 is 23.9 Å². The molecule has 0 unspecified atom stereocenters. The highest BCUT2D eigenvalue weighted by Gasteiger charge is 2.34. The molecule has 4 fully saturated rings. The van der Waals surface area contributed by atoms with E-state index in [0.29, 0.717) is 18.5 Å². The molecule has 0 aliphatic carbocycles.